The second-order valence-electron chi connectivity index (χ2n) is 2.28. The van der Waals surface area contributed by atoms with E-state index in [9.17, 15) is 0 Å². The number of aryl methyl sites for hydroxylation is 1. The Morgan fingerprint density at radius 2 is 2.10 bits per heavy atom. The predicted molar refractivity (Wildman–Crippen MR) is 42.8 cm³/mol. The number of aromatic hydroxyl groups is 1. The number of rotatable bonds is 1. The topological polar surface area (TPSA) is 36.4 Å². The lowest BCUT2D eigenvalue weighted by molar-refractivity contribution is 0.485. The van der Waals surface area contributed by atoms with Gasteiger partial charge in [0.05, 0.1) is 5.69 Å². The van der Waals surface area contributed by atoms with Crippen LogP contribution in [-0.2, 0) is 0 Å². The zero-order valence-corrected chi connectivity index (χ0v) is 7.07. The van der Waals surface area contributed by atoms with Crippen LogP contribution in [0.4, 0.5) is 5.13 Å². The van der Waals surface area contributed by atoms with E-state index in [0.29, 0.717) is 10.8 Å². The molecule has 1 aromatic rings. The molecule has 0 saturated carbocycles. The highest BCUT2D eigenvalue weighted by Crippen LogP contribution is 2.29. The summed E-state index contributed by atoms with van der Waals surface area (Å²) in [6.07, 6.45) is 0. The summed E-state index contributed by atoms with van der Waals surface area (Å²) in [7, 11) is 3.80. The number of hydrogen-bond donors (Lipinski definition) is 1. The fourth-order valence-corrected chi connectivity index (χ4v) is 1.30. The average Bonchev–Trinajstić information content (AvgIpc) is 2.13. The molecule has 0 aromatic carbocycles. The molecule has 1 N–H and O–H groups in total. The maximum absolute atomic E-state index is 9.12. The highest BCUT2D eigenvalue weighted by Gasteiger charge is 2.05. The van der Waals surface area contributed by atoms with Crippen molar-refractivity contribution in [3.05, 3.63) is 5.69 Å². The maximum atomic E-state index is 9.12. The molecule has 0 unspecified atom stereocenters. The third kappa shape index (κ3) is 1.21. The Bertz CT molecular complexity index is 212. The Labute approximate surface area is 63.9 Å². The summed E-state index contributed by atoms with van der Waals surface area (Å²) < 4.78 is 0. The van der Waals surface area contributed by atoms with Crippen LogP contribution in [0.3, 0.4) is 0 Å². The third-order valence-electron chi connectivity index (χ3n) is 1.14. The van der Waals surface area contributed by atoms with Crippen LogP contribution in [0.5, 0.6) is 5.06 Å². The molecule has 1 aromatic heterocycles. The molecule has 0 aliphatic carbocycles. The first-order valence-electron chi connectivity index (χ1n) is 2.95. The van der Waals surface area contributed by atoms with E-state index in [4.69, 9.17) is 5.11 Å². The largest absolute Gasteiger partial charge is 0.498 e. The molecule has 0 spiro atoms. The van der Waals surface area contributed by atoms with E-state index >= 15 is 0 Å². The summed E-state index contributed by atoms with van der Waals surface area (Å²) >= 11 is 1.29. The SMILES string of the molecule is Cc1nc(N(C)C)sc1O. The van der Waals surface area contributed by atoms with Gasteiger partial charge in [-0.25, -0.2) is 4.98 Å². The minimum Gasteiger partial charge on any atom is -0.498 e. The maximum Gasteiger partial charge on any atom is 0.196 e. The van der Waals surface area contributed by atoms with Crippen LogP contribution < -0.4 is 4.90 Å². The summed E-state index contributed by atoms with van der Waals surface area (Å²) in [5, 5.41) is 10.3. The molecule has 10 heavy (non-hydrogen) atoms. The van der Waals surface area contributed by atoms with Crippen molar-refractivity contribution < 1.29 is 5.11 Å². The molecule has 0 bridgehead atoms. The predicted octanol–water partition coefficient (Wildman–Crippen LogP) is 1.22. The van der Waals surface area contributed by atoms with Crippen LogP contribution in [-0.4, -0.2) is 24.2 Å². The molecule has 56 valence electrons. The number of anilines is 1. The summed E-state index contributed by atoms with van der Waals surface area (Å²) in [4.78, 5) is 5.98. The molecular weight excluding hydrogens is 148 g/mol. The van der Waals surface area contributed by atoms with Crippen molar-refractivity contribution in [3.63, 3.8) is 0 Å². The highest BCUT2D eigenvalue weighted by molar-refractivity contribution is 7.17. The Hall–Kier alpha value is -0.770. The van der Waals surface area contributed by atoms with E-state index in [0.717, 1.165) is 5.13 Å². The summed E-state index contributed by atoms with van der Waals surface area (Å²) in [6.45, 7) is 1.79. The minimum atomic E-state index is 0.309. The number of nitrogens with zero attached hydrogens (tertiary/aromatic N) is 2. The van der Waals surface area contributed by atoms with Gasteiger partial charge in [-0.3, -0.25) is 0 Å². The van der Waals surface area contributed by atoms with Crippen molar-refractivity contribution in [2.24, 2.45) is 0 Å². The summed E-state index contributed by atoms with van der Waals surface area (Å²) in [6, 6.07) is 0. The molecule has 0 saturated heterocycles. The Morgan fingerprint density at radius 3 is 2.30 bits per heavy atom. The van der Waals surface area contributed by atoms with Gasteiger partial charge in [0.15, 0.2) is 10.2 Å². The second-order valence-corrected chi connectivity index (χ2v) is 3.24. The van der Waals surface area contributed by atoms with Gasteiger partial charge in [-0.2, -0.15) is 0 Å². The zero-order chi connectivity index (χ0) is 7.72. The van der Waals surface area contributed by atoms with Gasteiger partial charge in [0.1, 0.15) is 0 Å². The van der Waals surface area contributed by atoms with Crippen LogP contribution >= 0.6 is 11.3 Å². The molecule has 0 amide bonds. The van der Waals surface area contributed by atoms with Gasteiger partial charge >= 0.3 is 0 Å². The van der Waals surface area contributed by atoms with Crippen LogP contribution in [0.2, 0.25) is 0 Å². The fraction of sp³-hybridized carbons (Fsp3) is 0.500. The molecule has 4 heteroatoms. The summed E-state index contributed by atoms with van der Waals surface area (Å²) in [5.74, 6) is 0. The molecule has 1 rings (SSSR count). The normalized spacial score (nSPS) is 9.90. The first kappa shape index (κ1) is 7.34. The van der Waals surface area contributed by atoms with Gasteiger partial charge in [-0.1, -0.05) is 11.3 Å². The van der Waals surface area contributed by atoms with Gasteiger partial charge in [-0.15, -0.1) is 0 Å². The van der Waals surface area contributed by atoms with Crippen molar-refractivity contribution in [3.8, 4) is 5.06 Å². The molecule has 0 radical (unpaired) electrons. The monoisotopic (exact) mass is 158 g/mol. The van der Waals surface area contributed by atoms with E-state index < -0.39 is 0 Å². The molecule has 3 nitrogen and oxygen atoms in total. The van der Waals surface area contributed by atoms with Crippen LogP contribution in [0.25, 0.3) is 0 Å². The quantitative estimate of drug-likeness (QED) is 0.667. The first-order chi connectivity index (χ1) is 4.61. The lowest BCUT2D eigenvalue weighted by atomic mass is 10.6. The smallest absolute Gasteiger partial charge is 0.196 e. The Kier molecular flexibility index (Phi) is 1.80. The number of hydrogen-bond acceptors (Lipinski definition) is 4. The molecular formula is C6H10N2OS. The standard InChI is InChI=1S/C6H10N2OS/c1-4-5(9)10-6(7-4)8(2)3/h9H,1-3H3. The molecule has 0 aliphatic rings. The van der Waals surface area contributed by atoms with Crippen LogP contribution in [0.15, 0.2) is 0 Å². The van der Waals surface area contributed by atoms with E-state index in [-0.39, 0.29) is 0 Å². The molecule has 0 aliphatic heterocycles. The first-order valence-corrected chi connectivity index (χ1v) is 3.76. The van der Waals surface area contributed by atoms with E-state index in [2.05, 4.69) is 4.98 Å². The van der Waals surface area contributed by atoms with Gasteiger partial charge in [0, 0.05) is 14.1 Å². The zero-order valence-electron chi connectivity index (χ0n) is 6.25. The van der Waals surface area contributed by atoms with Gasteiger partial charge in [-0.05, 0) is 6.92 Å². The second kappa shape index (κ2) is 2.46. The lowest BCUT2D eigenvalue weighted by Crippen LogP contribution is -2.07. The van der Waals surface area contributed by atoms with Gasteiger partial charge in [0.25, 0.3) is 0 Å². The van der Waals surface area contributed by atoms with Crippen LogP contribution in [0, 0.1) is 6.92 Å². The van der Waals surface area contributed by atoms with E-state index in [1.165, 1.54) is 11.3 Å². The van der Waals surface area contributed by atoms with Gasteiger partial charge in [0.2, 0.25) is 0 Å². The molecule has 1 heterocycles. The third-order valence-corrected chi connectivity index (χ3v) is 2.27. The van der Waals surface area contributed by atoms with Crippen molar-refractivity contribution >= 4 is 16.5 Å². The average molecular weight is 158 g/mol. The number of thiazole rings is 1. The van der Waals surface area contributed by atoms with E-state index in [1.54, 1.807) is 6.92 Å². The Balaban J connectivity index is 2.98. The summed E-state index contributed by atoms with van der Waals surface area (Å²) in [5.41, 5.74) is 0.703. The van der Waals surface area contributed by atoms with Crippen molar-refractivity contribution in [2.45, 2.75) is 6.92 Å². The van der Waals surface area contributed by atoms with Crippen molar-refractivity contribution in [2.75, 3.05) is 19.0 Å². The number of aromatic nitrogens is 1. The van der Waals surface area contributed by atoms with Crippen molar-refractivity contribution in [1.29, 1.82) is 0 Å². The van der Waals surface area contributed by atoms with E-state index in [1.807, 2.05) is 19.0 Å². The lowest BCUT2D eigenvalue weighted by Gasteiger charge is -2.04. The fourth-order valence-electron chi connectivity index (χ4n) is 0.566. The molecule has 0 atom stereocenters. The van der Waals surface area contributed by atoms with Gasteiger partial charge < -0.3 is 10.0 Å². The van der Waals surface area contributed by atoms with Crippen molar-refractivity contribution in [1.82, 2.24) is 4.98 Å². The highest BCUT2D eigenvalue weighted by atomic mass is 32.1. The molecule has 0 fully saturated rings. The van der Waals surface area contributed by atoms with Crippen LogP contribution in [0.1, 0.15) is 5.69 Å². The Morgan fingerprint density at radius 1 is 1.50 bits per heavy atom. The minimum absolute atomic E-state index is 0.309.